The van der Waals surface area contributed by atoms with E-state index in [0.29, 0.717) is 17.1 Å². The van der Waals surface area contributed by atoms with Crippen LogP contribution in [0.15, 0.2) is 109 Å². The van der Waals surface area contributed by atoms with Gasteiger partial charge in [0.25, 0.3) is 0 Å². The number of rotatable bonds is 6. The molecule has 0 spiro atoms. The lowest BCUT2D eigenvalue weighted by molar-refractivity contribution is 0.199. The van der Waals surface area contributed by atoms with Crippen molar-refractivity contribution in [2.75, 3.05) is 16.0 Å². The highest BCUT2D eigenvalue weighted by Crippen LogP contribution is 2.38. The monoisotopic (exact) mass is 483 g/mol. The second-order valence-electron chi connectivity index (χ2n) is 7.23. The van der Waals surface area contributed by atoms with Gasteiger partial charge in [0.1, 0.15) is 0 Å². The fraction of sp³-hybridized carbons (Fsp3) is 0. The molecule has 4 aromatic carbocycles. The molecule has 9 heteroatoms. The molecule has 0 heterocycles. The van der Waals surface area contributed by atoms with E-state index in [4.69, 9.17) is 14.2 Å². The Hall–Kier alpha value is -5.31. The minimum atomic E-state index is -0.881. The number of carbonyl (C=O) groups is 3. The summed E-state index contributed by atoms with van der Waals surface area (Å²) in [6.45, 7) is 0. The standard InChI is InChI=1S/C27H21N3O6/c31-25(28-19-11-4-1-5-12-19)34-22-17-10-18-23(35-26(32)29-20-13-6-2-7-14-20)24(22)36-27(33)30-21-15-8-3-9-16-21/h1-18H,(H,28,31)(H,29,32)(H,30,33). The molecule has 0 aliphatic carbocycles. The van der Waals surface area contributed by atoms with Crippen molar-refractivity contribution in [1.29, 1.82) is 0 Å². The van der Waals surface area contributed by atoms with E-state index >= 15 is 0 Å². The van der Waals surface area contributed by atoms with Crippen LogP contribution in [0, 0.1) is 0 Å². The number of hydrogen-bond donors (Lipinski definition) is 3. The Balaban J connectivity index is 1.55. The van der Waals surface area contributed by atoms with Crippen molar-refractivity contribution in [1.82, 2.24) is 0 Å². The Labute approximate surface area is 206 Å². The van der Waals surface area contributed by atoms with Crippen molar-refractivity contribution in [3.05, 3.63) is 109 Å². The average molecular weight is 483 g/mol. The highest BCUT2D eigenvalue weighted by molar-refractivity contribution is 5.90. The van der Waals surface area contributed by atoms with Crippen LogP contribution in [0.1, 0.15) is 0 Å². The Morgan fingerprint density at radius 1 is 0.417 bits per heavy atom. The first kappa shape index (κ1) is 23.8. The third-order valence-corrected chi connectivity index (χ3v) is 4.60. The Kier molecular flexibility index (Phi) is 7.75. The van der Waals surface area contributed by atoms with Gasteiger partial charge in [0.2, 0.25) is 5.75 Å². The van der Waals surface area contributed by atoms with E-state index in [2.05, 4.69) is 16.0 Å². The lowest BCUT2D eigenvalue weighted by Crippen LogP contribution is -2.22. The van der Waals surface area contributed by atoms with Crippen LogP contribution in [-0.4, -0.2) is 18.3 Å². The number of nitrogens with one attached hydrogen (secondary N) is 3. The molecule has 0 aliphatic heterocycles. The molecule has 0 aliphatic rings. The second-order valence-corrected chi connectivity index (χ2v) is 7.23. The van der Waals surface area contributed by atoms with Gasteiger partial charge in [-0.1, -0.05) is 60.7 Å². The predicted molar refractivity (Wildman–Crippen MR) is 135 cm³/mol. The number of para-hydroxylation sites is 4. The van der Waals surface area contributed by atoms with Crippen LogP contribution in [0.5, 0.6) is 17.2 Å². The van der Waals surface area contributed by atoms with Gasteiger partial charge >= 0.3 is 18.3 Å². The predicted octanol–water partition coefficient (Wildman–Crippen LogP) is 6.52. The maximum absolute atomic E-state index is 12.6. The number of carbonyl (C=O) groups excluding carboxylic acids is 3. The van der Waals surface area contributed by atoms with Gasteiger partial charge in [-0.25, -0.2) is 14.4 Å². The lowest BCUT2D eigenvalue weighted by Gasteiger charge is -2.15. The Bertz CT molecular complexity index is 1260. The van der Waals surface area contributed by atoms with Crippen molar-refractivity contribution in [2.24, 2.45) is 0 Å². The summed E-state index contributed by atoms with van der Waals surface area (Å²) in [7, 11) is 0. The molecule has 0 atom stereocenters. The van der Waals surface area contributed by atoms with E-state index in [1.807, 2.05) is 0 Å². The molecule has 0 aromatic heterocycles. The summed E-state index contributed by atoms with van der Waals surface area (Å²) in [5.41, 5.74) is 1.48. The molecule has 0 fully saturated rings. The summed E-state index contributed by atoms with van der Waals surface area (Å²) in [4.78, 5) is 37.5. The van der Waals surface area contributed by atoms with Crippen LogP contribution in [0.2, 0.25) is 0 Å². The van der Waals surface area contributed by atoms with Gasteiger partial charge in [-0.3, -0.25) is 16.0 Å². The van der Waals surface area contributed by atoms with E-state index in [-0.39, 0.29) is 17.2 Å². The molecule has 36 heavy (non-hydrogen) atoms. The van der Waals surface area contributed by atoms with Crippen molar-refractivity contribution in [3.63, 3.8) is 0 Å². The molecule has 3 N–H and O–H groups in total. The molecule has 0 unspecified atom stereocenters. The zero-order valence-corrected chi connectivity index (χ0v) is 18.8. The molecule has 9 nitrogen and oxygen atoms in total. The highest BCUT2D eigenvalue weighted by atomic mass is 16.6. The van der Waals surface area contributed by atoms with Crippen molar-refractivity contribution in [2.45, 2.75) is 0 Å². The fourth-order valence-corrected chi connectivity index (χ4v) is 3.04. The van der Waals surface area contributed by atoms with Gasteiger partial charge < -0.3 is 14.2 Å². The van der Waals surface area contributed by atoms with Gasteiger partial charge in [0.05, 0.1) is 0 Å². The summed E-state index contributed by atoms with van der Waals surface area (Å²) in [6, 6.07) is 30.2. The summed E-state index contributed by atoms with van der Waals surface area (Å²) in [6.07, 6.45) is -2.55. The second kappa shape index (κ2) is 11.7. The first-order chi connectivity index (χ1) is 17.6. The molecule has 4 rings (SSSR count). The Morgan fingerprint density at radius 2 is 0.750 bits per heavy atom. The first-order valence-electron chi connectivity index (χ1n) is 10.8. The number of anilines is 3. The molecule has 0 saturated carbocycles. The first-order valence-corrected chi connectivity index (χ1v) is 10.8. The zero-order valence-electron chi connectivity index (χ0n) is 18.8. The van der Waals surface area contributed by atoms with Gasteiger partial charge in [0, 0.05) is 17.1 Å². The summed E-state index contributed by atoms with van der Waals surface area (Å²) >= 11 is 0. The van der Waals surface area contributed by atoms with E-state index in [0.717, 1.165) is 0 Å². The molecule has 3 amide bonds. The van der Waals surface area contributed by atoms with Crippen molar-refractivity contribution < 1.29 is 28.6 Å². The van der Waals surface area contributed by atoms with E-state index in [9.17, 15) is 14.4 Å². The molecule has 0 radical (unpaired) electrons. The lowest BCUT2D eigenvalue weighted by atomic mass is 10.3. The van der Waals surface area contributed by atoms with Crippen LogP contribution in [-0.2, 0) is 0 Å². The molecule has 0 saturated heterocycles. The number of amides is 3. The van der Waals surface area contributed by atoms with E-state index in [1.165, 1.54) is 18.2 Å². The third-order valence-electron chi connectivity index (χ3n) is 4.60. The number of hydrogen-bond acceptors (Lipinski definition) is 6. The van der Waals surface area contributed by atoms with Gasteiger partial charge in [0.15, 0.2) is 11.5 Å². The summed E-state index contributed by atoms with van der Waals surface area (Å²) in [5.74, 6) is -0.550. The quantitative estimate of drug-likeness (QED) is 0.288. The largest absolute Gasteiger partial charge is 0.417 e. The fourth-order valence-electron chi connectivity index (χ4n) is 3.04. The van der Waals surface area contributed by atoms with Crippen LogP contribution in [0.25, 0.3) is 0 Å². The van der Waals surface area contributed by atoms with Crippen LogP contribution >= 0.6 is 0 Å². The van der Waals surface area contributed by atoms with Crippen molar-refractivity contribution >= 4 is 35.3 Å². The minimum Gasteiger partial charge on any atom is -0.406 e. The molecular weight excluding hydrogens is 462 g/mol. The molecule has 4 aromatic rings. The maximum Gasteiger partial charge on any atom is 0.417 e. The highest BCUT2D eigenvalue weighted by Gasteiger charge is 2.21. The SMILES string of the molecule is O=C(Nc1ccccc1)Oc1cccc(OC(=O)Nc2ccccc2)c1OC(=O)Nc1ccccc1. The van der Waals surface area contributed by atoms with Gasteiger partial charge in [-0.05, 0) is 48.5 Å². The topological polar surface area (TPSA) is 115 Å². The Morgan fingerprint density at radius 3 is 1.11 bits per heavy atom. The normalized spacial score (nSPS) is 10.0. The van der Waals surface area contributed by atoms with Crippen molar-refractivity contribution in [3.8, 4) is 17.2 Å². The summed E-state index contributed by atoms with van der Waals surface area (Å²) in [5, 5.41) is 7.69. The zero-order chi connectivity index (χ0) is 25.2. The molecule has 180 valence electrons. The van der Waals surface area contributed by atoms with Gasteiger partial charge in [-0.2, -0.15) is 0 Å². The maximum atomic E-state index is 12.6. The summed E-state index contributed by atoms with van der Waals surface area (Å²) < 4.78 is 16.2. The number of benzene rings is 4. The van der Waals surface area contributed by atoms with Crippen LogP contribution < -0.4 is 30.2 Å². The van der Waals surface area contributed by atoms with Crippen LogP contribution in [0.4, 0.5) is 31.4 Å². The van der Waals surface area contributed by atoms with E-state index in [1.54, 1.807) is 91.0 Å². The van der Waals surface area contributed by atoms with Gasteiger partial charge in [-0.15, -0.1) is 0 Å². The third kappa shape index (κ3) is 6.84. The minimum absolute atomic E-state index is 0.142. The number of ether oxygens (including phenoxy) is 3. The molecule has 0 bridgehead atoms. The van der Waals surface area contributed by atoms with Crippen LogP contribution in [0.3, 0.4) is 0 Å². The average Bonchev–Trinajstić information content (AvgIpc) is 2.87. The smallest absolute Gasteiger partial charge is 0.406 e. The molecular formula is C27H21N3O6. The van der Waals surface area contributed by atoms with E-state index < -0.39 is 18.3 Å².